The van der Waals surface area contributed by atoms with E-state index in [4.69, 9.17) is 12.2 Å². The number of hydrogen-bond acceptors (Lipinski definition) is 3. The Morgan fingerprint density at radius 3 is 1.85 bits per heavy atom. The molecule has 3 heteroatoms. The van der Waals surface area contributed by atoms with E-state index in [1.807, 2.05) is 6.07 Å². The lowest BCUT2D eigenvalue weighted by Gasteiger charge is -2.28. The summed E-state index contributed by atoms with van der Waals surface area (Å²) < 4.78 is 0.890. The number of thioether (sulfide) groups is 1. The molecule has 1 unspecified atom stereocenters. The maximum atomic E-state index is 10.9. The van der Waals surface area contributed by atoms with Crippen LogP contribution in [0.25, 0.3) is 0 Å². The quantitative estimate of drug-likeness (QED) is 0.535. The molecular weight excluding hydrogens is 368 g/mol. The lowest BCUT2D eigenvalue weighted by atomic mass is 9.78. The van der Waals surface area contributed by atoms with Crippen molar-refractivity contribution in [2.24, 2.45) is 0 Å². The number of phenols is 1. The van der Waals surface area contributed by atoms with Crippen molar-refractivity contribution in [1.82, 2.24) is 0 Å². The molecule has 0 aliphatic rings. The zero-order valence-electron chi connectivity index (χ0n) is 17.6. The van der Waals surface area contributed by atoms with Gasteiger partial charge in [0.1, 0.15) is 5.75 Å². The minimum absolute atomic E-state index is 0.149. The monoisotopic (exact) mass is 400 g/mol. The predicted molar refractivity (Wildman–Crippen MR) is 124 cm³/mol. The normalized spacial score (nSPS) is 13.4. The predicted octanol–water partition coefficient (Wildman–Crippen LogP) is 7.55. The Kier molecular flexibility index (Phi) is 6.81. The summed E-state index contributed by atoms with van der Waals surface area (Å²) in [5, 5.41) is 11.3. The topological polar surface area (TPSA) is 20.2 Å². The molecule has 0 fully saturated rings. The first-order chi connectivity index (χ1) is 12.4. The molecule has 0 amide bonds. The molecule has 0 saturated carbocycles. The van der Waals surface area contributed by atoms with Crippen molar-refractivity contribution < 1.29 is 5.11 Å². The molecule has 0 saturated heterocycles. The Morgan fingerprint density at radius 2 is 1.44 bits per heavy atom. The van der Waals surface area contributed by atoms with Gasteiger partial charge in [-0.15, -0.1) is 11.8 Å². The van der Waals surface area contributed by atoms with Crippen molar-refractivity contribution in [2.75, 3.05) is 0 Å². The molecular formula is C24H32OS2. The maximum absolute atomic E-state index is 10.9. The summed E-state index contributed by atoms with van der Waals surface area (Å²) in [6, 6.07) is 14.7. The molecule has 1 N–H and O–H groups in total. The molecule has 0 bridgehead atoms. The van der Waals surface area contributed by atoms with E-state index in [1.54, 1.807) is 11.8 Å². The number of phenolic OH excluding ortho intramolecular Hbond substituents is 1. The molecule has 2 rings (SSSR count). The maximum Gasteiger partial charge on any atom is 0.123 e. The van der Waals surface area contributed by atoms with Crippen LogP contribution in [0.5, 0.6) is 5.75 Å². The highest BCUT2D eigenvalue weighted by molar-refractivity contribution is 8.23. The fourth-order valence-electron chi connectivity index (χ4n) is 3.15. The van der Waals surface area contributed by atoms with Gasteiger partial charge < -0.3 is 5.11 Å². The summed E-state index contributed by atoms with van der Waals surface area (Å²) in [4.78, 5) is 0. The first-order valence-corrected chi connectivity index (χ1v) is 10.9. The van der Waals surface area contributed by atoms with Crippen LogP contribution in [0.4, 0.5) is 0 Å². The highest BCUT2D eigenvalue weighted by Crippen LogP contribution is 2.42. The number of rotatable bonds is 4. The third-order valence-electron chi connectivity index (χ3n) is 4.75. The van der Waals surface area contributed by atoms with Crippen molar-refractivity contribution in [3.8, 4) is 5.75 Å². The molecule has 1 nitrogen and oxygen atoms in total. The van der Waals surface area contributed by atoms with Crippen LogP contribution in [-0.4, -0.2) is 9.30 Å². The van der Waals surface area contributed by atoms with Crippen LogP contribution in [-0.2, 0) is 10.8 Å². The highest BCUT2D eigenvalue weighted by Gasteiger charge is 2.27. The van der Waals surface area contributed by atoms with Gasteiger partial charge in [-0.2, -0.15) is 0 Å². The summed E-state index contributed by atoms with van der Waals surface area (Å²) in [6.07, 6.45) is 1.02. The molecule has 0 aliphatic carbocycles. The molecule has 0 radical (unpaired) electrons. The van der Waals surface area contributed by atoms with Crippen molar-refractivity contribution >= 4 is 28.2 Å². The third-order valence-corrected chi connectivity index (χ3v) is 6.62. The zero-order chi connectivity index (χ0) is 20.4. The van der Waals surface area contributed by atoms with Crippen LogP contribution < -0.4 is 0 Å². The van der Waals surface area contributed by atoms with E-state index in [-0.39, 0.29) is 10.8 Å². The first-order valence-electron chi connectivity index (χ1n) is 9.59. The second-order valence-electron chi connectivity index (χ2n) is 9.13. The van der Waals surface area contributed by atoms with Gasteiger partial charge in [0.15, 0.2) is 0 Å². The van der Waals surface area contributed by atoms with Crippen molar-refractivity contribution in [2.45, 2.75) is 71.0 Å². The largest absolute Gasteiger partial charge is 0.507 e. The number of thiocarbonyl (C=S) groups is 1. The summed E-state index contributed by atoms with van der Waals surface area (Å²) in [5.74, 6) is 0.404. The molecule has 2 aromatic carbocycles. The van der Waals surface area contributed by atoms with Gasteiger partial charge in [-0.25, -0.2) is 0 Å². The van der Waals surface area contributed by atoms with Gasteiger partial charge in [0.05, 0.1) is 4.20 Å². The molecule has 0 aliphatic heterocycles. The van der Waals surface area contributed by atoms with Gasteiger partial charge in [-0.1, -0.05) is 91.0 Å². The highest BCUT2D eigenvalue weighted by atomic mass is 32.2. The van der Waals surface area contributed by atoms with Gasteiger partial charge in [0, 0.05) is 16.4 Å². The Balaban J connectivity index is 2.46. The van der Waals surface area contributed by atoms with Gasteiger partial charge in [0.25, 0.3) is 0 Å². The Hall–Kier alpha value is -1.32. The minimum Gasteiger partial charge on any atom is -0.507 e. The summed E-state index contributed by atoms with van der Waals surface area (Å²) in [5.41, 5.74) is 3.96. The Morgan fingerprint density at radius 1 is 0.963 bits per heavy atom. The minimum atomic E-state index is -0.149. The van der Waals surface area contributed by atoms with E-state index in [9.17, 15) is 5.11 Å². The van der Waals surface area contributed by atoms with E-state index in [2.05, 4.69) is 84.9 Å². The van der Waals surface area contributed by atoms with Gasteiger partial charge >= 0.3 is 0 Å². The number of hydrogen-bond donors (Lipinski definition) is 1. The molecule has 27 heavy (non-hydrogen) atoms. The van der Waals surface area contributed by atoms with Crippen molar-refractivity contribution in [1.29, 1.82) is 0 Å². The molecule has 2 aromatic rings. The van der Waals surface area contributed by atoms with Gasteiger partial charge in [-0.05, 0) is 40.5 Å². The van der Waals surface area contributed by atoms with Crippen molar-refractivity contribution in [3.05, 3.63) is 64.7 Å². The van der Waals surface area contributed by atoms with Crippen LogP contribution in [0.2, 0.25) is 0 Å². The number of aromatic hydroxyl groups is 1. The average molecular weight is 401 g/mol. The van der Waals surface area contributed by atoms with E-state index >= 15 is 0 Å². The first kappa shape index (κ1) is 22.0. The SMILES string of the molecule is CCC(SC(=S)c1cc(C(C)(C)C)c(O)c(C(C)(C)C)c1)c1ccccc1. The average Bonchev–Trinajstić information content (AvgIpc) is 2.58. The van der Waals surface area contributed by atoms with Crippen LogP contribution >= 0.6 is 24.0 Å². The fraction of sp³-hybridized carbons (Fsp3) is 0.458. The molecule has 146 valence electrons. The summed E-state index contributed by atoms with van der Waals surface area (Å²) >= 11 is 7.60. The summed E-state index contributed by atoms with van der Waals surface area (Å²) in [7, 11) is 0. The third kappa shape index (κ3) is 5.36. The Bertz CT molecular complexity index is 760. The molecule has 1 atom stereocenters. The van der Waals surface area contributed by atoms with E-state index in [1.165, 1.54) is 5.56 Å². The van der Waals surface area contributed by atoms with Gasteiger partial charge in [0.2, 0.25) is 0 Å². The molecule has 0 heterocycles. The standard InChI is InChI=1S/C24H32OS2/c1-8-20(16-12-10-9-11-13-16)27-22(26)17-14-18(23(2,3)4)21(25)19(15-17)24(5,6)7/h9-15,20,25H,8H2,1-7H3. The van der Waals surface area contributed by atoms with Crippen molar-refractivity contribution in [3.63, 3.8) is 0 Å². The van der Waals surface area contributed by atoms with E-state index in [0.717, 1.165) is 27.3 Å². The second kappa shape index (κ2) is 8.36. The van der Waals surface area contributed by atoms with Crippen LogP contribution in [0, 0.1) is 0 Å². The van der Waals surface area contributed by atoms with Crippen LogP contribution in [0.3, 0.4) is 0 Å². The van der Waals surface area contributed by atoms with Crippen LogP contribution in [0.15, 0.2) is 42.5 Å². The van der Waals surface area contributed by atoms with Crippen LogP contribution in [0.1, 0.15) is 82.4 Å². The summed E-state index contributed by atoms with van der Waals surface area (Å²) in [6.45, 7) is 15.0. The Labute approximate surface area is 174 Å². The second-order valence-corrected chi connectivity index (χ2v) is 11.0. The van der Waals surface area contributed by atoms with E-state index in [0.29, 0.717) is 11.0 Å². The molecule has 0 spiro atoms. The molecule has 0 aromatic heterocycles. The zero-order valence-corrected chi connectivity index (χ0v) is 19.2. The lowest BCUT2D eigenvalue weighted by molar-refractivity contribution is 0.423. The van der Waals surface area contributed by atoms with E-state index < -0.39 is 0 Å². The lowest BCUT2D eigenvalue weighted by Crippen LogP contribution is -2.18. The smallest absolute Gasteiger partial charge is 0.123 e. The van der Waals surface area contributed by atoms with Gasteiger partial charge in [-0.3, -0.25) is 0 Å². The fourth-order valence-corrected chi connectivity index (χ4v) is 4.59. The number of benzene rings is 2.